The summed E-state index contributed by atoms with van der Waals surface area (Å²) in [6, 6.07) is 94.4. The molecule has 1 spiro atoms. The first-order chi connectivity index (χ1) is 38.2. The Bertz CT molecular complexity index is 4110. The van der Waals surface area contributed by atoms with Gasteiger partial charge in [-0.25, -0.2) is 0 Å². The van der Waals surface area contributed by atoms with Crippen molar-refractivity contribution in [1.29, 1.82) is 0 Å². The van der Waals surface area contributed by atoms with Gasteiger partial charge in [0.2, 0.25) is 0 Å². The molecule has 6 heteroatoms. The summed E-state index contributed by atoms with van der Waals surface area (Å²) in [6.45, 7) is 2.11. The zero-order valence-electron chi connectivity index (χ0n) is 42.5. The summed E-state index contributed by atoms with van der Waals surface area (Å²) in [5.74, 6) is 0. The molecule has 0 saturated carbocycles. The third kappa shape index (κ3) is 6.56. The maximum atomic E-state index is 2.77. The van der Waals surface area contributed by atoms with Crippen molar-refractivity contribution in [3.63, 3.8) is 0 Å². The van der Waals surface area contributed by atoms with Gasteiger partial charge >= 0.3 is 6.85 Å². The van der Waals surface area contributed by atoms with E-state index in [0.29, 0.717) is 0 Å². The fraction of sp³-hybridized carbons (Fsp3) is 0.0704. The maximum absolute atomic E-state index is 2.77. The van der Waals surface area contributed by atoms with Crippen LogP contribution in [0, 0.1) is 0 Å². The van der Waals surface area contributed by atoms with Crippen LogP contribution < -0.4 is 25.5 Å². The molecule has 11 aromatic carbocycles. The Hall–Kier alpha value is -8.42. The number of hydrogen-bond acceptors (Lipinski definition) is 5. The number of fused-ring (bicyclic) bond motifs is 15. The van der Waals surface area contributed by atoms with Crippen molar-refractivity contribution in [2.75, 3.05) is 14.6 Å². The molecule has 0 aromatic heterocycles. The molecule has 0 atom stereocenters. The number of rotatable bonds is 8. The molecule has 11 aromatic rings. The van der Waals surface area contributed by atoms with Crippen molar-refractivity contribution in [1.82, 2.24) is 0 Å². The molecule has 3 nitrogen and oxygen atoms in total. The molecule has 16 rings (SSSR count). The van der Waals surface area contributed by atoms with Crippen LogP contribution in [0.3, 0.4) is 0 Å². The summed E-state index contributed by atoms with van der Waals surface area (Å²) in [6.07, 6.45) is 3.33. The molecule has 0 saturated heterocycles. The highest BCUT2D eigenvalue weighted by Crippen LogP contribution is 2.65. The van der Waals surface area contributed by atoms with Crippen LogP contribution in [0.25, 0.3) is 33.4 Å². The van der Waals surface area contributed by atoms with Crippen molar-refractivity contribution < 1.29 is 0 Å². The first kappa shape index (κ1) is 44.8. The molecule has 0 radical (unpaired) electrons. The smallest absolute Gasteiger partial charge is 0.333 e. The van der Waals surface area contributed by atoms with E-state index in [1.807, 2.05) is 23.5 Å². The highest BCUT2D eigenvalue weighted by atomic mass is 32.2. The number of anilines is 8. The maximum Gasteiger partial charge on any atom is 0.333 e. The van der Waals surface area contributed by atoms with Gasteiger partial charge in [0.1, 0.15) is 0 Å². The molecule has 4 heterocycles. The topological polar surface area (TPSA) is 9.72 Å². The van der Waals surface area contributed by atoms with Gasteiger partial charge in [-0.3, -0.25) is 0 Å². The van der Waals surface area contributed by atoms with Crippen molar-refractivity contribution in [3.05, 3.63) is 277 Å². The highest BCUT2D eigenvalue weighted by Gasteiger charge is 2.56. The van der Waals surface area contributed by atoms with Crippen molar-refractivity contribution in [3.8, 4) is 33.4 Å². The Kier molecular flexibility index (Phi) is 10.2. The van der Waals surface area contributed by atoms with Gasteiger partial charge in [0.15, 0.2) is 0 Å². The second kappa shape index (κ2) is 17.6. The molecular formula is C71H50BN3S2. The Morgan fingerprint density at radius 2 is 1.00 bits per heavy atom. The number of unbranched alkanes of at least 4 members (excludes halogenated alkanes) is 1. The Balaban J connectivity index is 1.06. The van der Waals surface area contributed by atoms with Crippen LogP contribution in [-0.4, -0.2) is 6.85 Å². The van der Waals surface area contributed by atoms with Crippen LogP contribution in [-0.2, 0) is 11.8 Å². The first-order valence-electron chi connectivity index (χ1n) is 27.1. The average molecular weight is 1020 g/mol. The minimum Gasteiger partial charge on any atom is -0.376 e. The van der Waals surface area contributed by atoms with Crippen LogP contribution in [0.1, 0.15) is 47.6 Å². The lowest BCUT2D eigenvalue weighted by atomic mass is 9.42. The quantitative estimate of drug-likeness (QED) is 0.140. The van der Waals surface area contributed by atoms with Gasteiger partial charge in [-0.1, -0.05) is 207 Å². The molecule has 0 amide bonds. The lowest BCUT2D eigenvalue weighted by Crippen LogP contribution is -2.63. The third-order valence-corrected chi connectivity index (χ3v) is 19.3. The molecule has 0 N–H and O–H groups in total. The molecule has 0 bridgehead atoms. The number of para-hydroxylation sites is 4. The van der Waals surface area contributed by atoms with Gasteiger partial charge in [-0.05, 0) is 153 Å². The lowest BCUT2D eigenvalue weighted by Gasteiger charge is -2.52. The number of nitrogens with zero attached hydrogens (tertiary/aromatic N) is 3. The van der Waals surface area contributed by atoms with E-state index in [-0.39, 0.29) is 6.85 Å². The zero-order valence-corrected chi connectivity index (χ0v) is 44.2. The third-order valence-electron chi connectivity index (χ3n) is 16.8. The van der Waals surface area contributed by atoms with E-state index in [2.05, 4.69) is 270 Å². The number of benzene rings is 11. The van der Waals surface area contributed by atoms with Gasteiger partial charge < -0.3 is 14.6 Å². The van der Waals surface area contributed by atoms with Gasteiger partial charge in [0.05, 0.1) is 11.1 Å². The van der Waals surface area contributed by atoms with E-state index < -0.39 is 5.41 Å². The van der Waals surface area contributed by atoms with Crippen molar-refractivity contribution in [2.45, 2.75) is 51.2 Å². The summed E-state index contributed by atoms with van der Waals surface area (Å²) in [4.78, 5) is 13.1. The predicted octanol–water partition coefficient (Wildman–Crippen LogP) is 18.2. The number of hydrogen-bond donors (Lipinski definition) is 0. The first-order valence-corrected chi connectivity index (χ1v) is 28.7. The normalized spacial score (nSPS) is 14.1. The van der Waals surface area contributed by atoms with E-state index in [9.17, 15) is 0 Å². The average Bonchev–Trinajstić information content (AvgIpc) is 3.73. The Morgan fingerprint density at radius 1 is 0.416 bits per heavy atom. The summed E-state index contributed by atoms with van der Waals surface area (Å²) in [5.41, 5.74) is 25.7. The van der Waals surface area contributed by atoms with E-state index >= 15 is 0 Å². The SMILES string of the molecule is CCCCc1ccc(N2c3cc4c(cc3B3c5c(cc(N(c6ccccc6)c6ccccc6)cc52)-c2cccc5c2N3c2ccccc2C52c3ccccc3-c3ccccc32)Sc2ccccc2S4)c(-c2ccccc2)c1. The molecule has 5 aliphatic rings. The van der Waals surface area contributed by atoms with Gasteiger partial charge in [0, 0.05) is 70.5 Å². The molecule has 0 fully saturated rings. The summed E-state index contributed by atoms with van der Waals surface area (Å²) in [7, 11) is 0. The van der Waals surface area contributed by atoms with E-state index in [0.717, 1.165) is 36.3 Å². The molecule has 4 aliphatic heterocycles. The van der Waals surface area contributed by atoms with Gasteiger partial charge in [0.25, 0.3) is 0 Å². The molecule has 0 unspecified atom stereocenters. The second-order valence-electron chi connectivity index (χ2n) is 20.9. The minimum atomic E-state index is -0.552. The highest BCUT2D eigenvalue weighted by molar-refractivity contribution is 8.05. The monoisotopic (exact) mass is 1020 g/mol. The van der Waals surface area contributed by atoms with Crippen LogP contribution in [0.15, 0.2) is 268 Å². The van der Waals surface area contributed by atoms with Crippen LogP contribution in [0.4, 0.5) is 45.5 Å². The molecule has 364 valence electrons. The summed E-state index contributed by atoms with van der Waals surface area (Å²) in [5, 5.41) is 0. The molecule has 77 heavy (non-hydrogen) atoms. The van der Waals surface area contributed by atoms with Crippen molar-refractivity contribution >= 4 is 86.8 Å². The van der Waals surface area contributed by atoms with Crippen LogP contribution in [0.5, 0.6) is 0 Å². The van der Waals surface area contributed by atoms with Gasteiger partial charge in [-0.15, -0.1) is 0 Å². The van der Waals surface area contributed by atoms with Crippen molar-refractivity contribution in [2.24, 2.45) is 0 Å². The number of aryl methyl sites for hydroxylation is 1. The Morgan fingerprint density at radius 3 is 1.69 bits per heavy atom. The standard InChI is InChI=1S/C71H50BN3S2/c1-2-3-22-46-39-40-61(54(41-46)47-23-7-4-8-24-47)74-63-45-68-67(76-65-37-19-20-38-66(65)77-68)44-60(63)72-69-55(42-50(43-64(69)74)73(48-25-9-5-10-26-48)49-27-11-6-12-28-49)53-31-21-35-59-70(53)75(72)62-36-18-17-34-58(62)71(59)56-32-15-13-29-51(56)52-30-14-16-33-57(52)71/h4-21,23-45H,2-3,22H2,1H3. The summed E-state index contributed by atoms with van der Waals surface area (Å²) >= 11 is 3.81. The van der Waals surface area contributed by atoms with E-state index in [1.54, 1.807) is 0 Å². The second-order valence-corrected chi connectivity index (χ2v) is 23.1. The lowest BCUT2D eigenvalue weighted by molar-refractivity contribution is 0.756. The largest absolute Gasteiger partial charge is 0.376 e. The summed E-state index contributed by atoms with van der Waals surface area (Å²) < 4.78 is 0. The Labute approximate surface area is 459 Å². The fourth-order valence-corrected chi connectivity index (χ4v) is 16.0. The van der Waals surface area contributed by atoms with Gasteiger partial charge in [-0.2, -0.15) is 0 Å². The fourth-order valence-electron chi connectivity index (χ4n) is 13.7. The van der Waals surface area contributed by atoms with E-state index in [1.165, 1.54) is 120 Å². The zero-order chi connectivity index (χ0) is 50.8. The minimum absolute atomic E-state index is 0.182. The molecule has 1 aliphatic carbocycles. The van der Waals surface area contributed by atoms with Crippen LogP contribution in [0.2, 0.25) is 0 Å². The van der Waals surface area contributed by atoms with E-state index in [4.69, 9.17) is 0 Å². The van der Waals surface area contributed by atoms with Crippen LogP contribution >= 0.6 is 23.5 Å². The predicted molar refractivity (Wildman–Crippen MR) is 324 cm³/mol. The molecular weight excluding hydrogens is 970 g/mol.